The number of fused-ring (bicyclic) bond motifs is 1. The fourth-order valence-corrected chi connectivity index (χ4v) is 1.97. The van der Waals surface area contributed by atoms with Gasteiger partial charge in [-0.15, -0.1) is 0 Å². The number of nitrogens with one attached hydrogen (secondary N) is 1. The fourth-order valence-electron chi connectivity index (χ4n) is 1.97. The van der Waals surface area contributed by atoms with Gasteiger partial charge in [-0.3, -0.25) is 0 Å². The second-order valence-corrected chi connectivity index (χ2v) is 3.76. The maximum atomic E-state index is 9.19. The Balaban J connectivity index is 2.89. The van der Waals surface area contributed by atoms with Gasteiger partial charge in [-0.25, -0.2) is 0 Å². The van der Waals surface area contributed by atoms with E-state index < -0.39 is 0 Å². The van der Waals surface area contributed by atoms with Crippen molar-refractivity contribution in [2.75, 3.05) is 0 Å². The molecular weight excluding hydrogens is 224 g/mol. The fraction of sp³-hybridized carbons (Fsp3) is 0.0714. The Kier molecular flexibility index (Phi) is 2.83. The summed E-state index contributed by atoms with van der Waals surface area (Å²) in [7, 11) is 0. The van der Waals surface area contributed by atoms with E-state index in [0.29, 0.717) is 5.56 Å². The highest BCUT2D eigenvalue weighted by molar-refractivity contribution is 6.00. The molecule has 0 bridgehead atoms. The molecule has 2 aromatic rings. The highest BCUT2D eigenvalue weighted by Gasteiger charge is 2.16. The minimum absolute atomic E-state index is 0.120. The molecule has 0 radical (unpaired) electrons. The van der Waals surface area contributed by atoms with Gasteiger partial charge in [-0.1, -0.05) is 18.2 Å². The summed E-state index contributed by atoms with van der Waals surface area (Å²) in [6.45, 7) is 1.82. The number of benzene rings is 1. The molecule has 4 heteroatoms. The lowest BCUT2D eigenvalue weighted by Gasteiger charge is -1.98. The largest absolute Gasteiger partial charge is 0.358 e. The Labute approximate surface area is 104 Å². The lowest BCUT2D eigenvalue weighted by Crippen LogP contribution is -1.88. The number of rotatable bonds is 1. The van der Waals surface area contributed by atoms with E-state index >= 15 is 0 Å². The van der Waals surface area contributed by atoms with Gasteiger partial charge in [0.05, 0.1) is 5.57 Å². The molecule has 2 rings (SSSR count). The van der Waals surface area contributed by atoms with Gasteiger partial charge < -0.3 is 4.98 Å². The van der Waals surface area contributed by atoms with Crippen molar-refractivity contribution in [1.82, 2.24) is 4.98 Å². The highest BCUT2D eigenvalue weighted by Crippen LogP contribution is 2.29. The number of nitriles is 3. The minimum Gasteiger partial charge on any atom is -0.358 e. The van der Waals surface area contributed by atoms with Crippen LogP contribution in [0.5, 0.6) is 0 Å². The molecule has 1 aromatic carbocycles. The van der Waals surface area contributed by atoms with Crippen LogP contribution in [-0.2, 0) is 0 Å². The molecule has 84 valence electrons. The molecule has 0 amide bonds. The van der Waals surface area contributed by atoms with Crippen molar-refractivity contribution in [2.45, 2.75) is 6.92 Å². The van der Waals surface area contributed by atoms with Crippen molar-refractivity contribution in [2.24, 2.45) is 0 Å². The second-order valence-electron chi connectivity index (χ2n) is 3.76. The second kappa shape index (κ2) is 4.45. The number of H-pyrrole nitrogens is 1. The number of aryl methyl sites for hydroxylation is 1. The predicted octanol–water partition coefficient (Wildman–Crippen LogP) is 2.80. The average molecular weight is 232 g/mol. The lowest BCUT2D eigenvalue weighted by atomic mass is 9.99. The number of para-hydroxylation sites is 1. The van der Waals surface area contributed by atoms with Crippen LogP contribution in [0.1, 0.15) is 11.3 Å². The number of nitrogens with zero attached hydrogens (tertiary/aromatic N) is 3. The minimum atomic E-state index is -0.162. The lowest BCUT2D eigenvalue weighted by molar-refractivity contribution is 1.28. The molecule has 0 fully saturated rings. The van der Waals surface area contributed by atoms with Crippen molar-refractivity contribution < 1.29 is 0 Å². The molecule has 0 spiro atoms. The average Bonchev–Trinajstić information content (AvgIpc) is 2.72. The number of aromatic amines is 1. The molecule has 1 heterocycles. The summed E-state index contributed by atoms with van der Waals surface area (Å²) < 4.78 is 0. The first-order valence-electron chi connectivity index (χ1n) is 5.25. The van der Waals surface area contributed by atoms with Crippen molar-refractivity contribution in [1.29, 1.82) is 15.8 Å². The van der Waals surface area contributed by atoms with E-state index in [9.17, 15) is 5.26 Å². The molecule has 0 atom stereocenters. The summed E-state index contributed by atoms with van der Waals surface area (Å²) in [4.78, 5) is 3.14. The van der Waals surface area contributed by atoms with Crippen molar-refractivity contribution >= 4 is 16.5 Å². The Morgan fingerprint density at radius 1 is 1.06 bits per heavy atom. The summed E-state index contributed by atoms with van der Waals surface area (Å²) in [6.07, 6.45) is 0. The first kappa shape index (κ1) is 11.5. The number of allylic oxidation sites excluding steroid dienone is 2. The van der Waals surface area contributed by atoms with E-state index in [0.717, 1.165) is 16.6 Å². The van der Waals surface area contributed by atoms with Crippen LogP contribution in [0.25, 0.3) is 16.5 Å². The molecule has 0 aliphatic heterocycles. The van der Waals surface area contributed by atoms with Gasteiger partial charge in [0.25, 0.3) is 0 Å². The van der Waals surface area contributed by atoms with Crippen molar-refractivity contribution in [3.05, 3.63) is 41.1 Å². The quantitative estimate of drug-likeness (QED) is 0.767. The van der Waals surface area contributed by atoms with Crippen LogP contribution in [-0.4, -0.2) is 4.98 Å². The van der Waals surface area contributed by atoms with Gasteiger partial charge in [0.15, 0.2) is 0 Å². The van der Waals surface area contributed by atoms with E-state index in [1.54, 1.807) is 12.1 Å². The molecular formula is C14H8N4. The SMILES string of the molecule is Cc1[nH]c2ccccc2c1C(C#N)=C(C#N)C#N. The topological polar surface area (TPSA) is 87.2 Å². The molecule has 1 aromatic heterocycles. The maximum Gasteiger partial charge on any atom is 0.148 e. The third-order valence-electron chi connectivity index (χ3n) is 2.73. The molecule has 18 heavy (non-hydrogen) atoms. The zero-order valence-electron chi connectivity index (χ0n) is 9.65. The van der Waals surface area contributed by atoms with Gasteiger partial charge in [-0.2, -0.15) is 15.8 Å². The molecule has 0 aliphatic rings. The smallest absolute Gasteiger partial charge is 0.148 e. The number of aromatic nitrogens is 1. The summed E-state index contributed by atoms with van der Waals surface area (Å²) in [5.74, 6) is 0. The van der Waals surface area contributed by atoms with E-state index in [4.69, 9.17) is 10.5 Å². The monoisotopic (exact) mass is 232 g/mol. The summed E-state index contributed by atoms with van der Waals surface area (Å²) >= 11 is 0. The third-order valence-corrected chi connectivity index (χ3v) is 2.73. The van der Waals surface area contributed by atoms with Crippen LogP contribution in [0.2, 0.25) is 0 Å². The molecule has 1 N–H and O–H groups in total. The van der Waals surface area contributed by atoms with E-state index in [1.165, 1.54) is 0 Å². The molecule has 0 aliphatic carbocycles. The molecule has 0 saturated carbocycles. The number of hydrogen-bond donors (Lipinski definition) is 1. The zero-order chi connectivity index (χ0) is 13.1. The van der Waals surface area contributed by atoms with E-state index in [-0.39, 0.29) is 11.1 Å². The van der Waals surface area contributed by atoms with Gasteiger partial charge in [0, 0.05) is 22.2 Å². The number of hydrogen-bond acceptors (Lipinski definition) is 3. The standard InChI is InChI=1S/C14H8N4/c1-9-14(12(8-17)10(6-15)7-16)11-4-2-3-5-13(11)18-9/h2-5,18H,1H3. The van der Waals surface area contributed by atoms with Crippen LogP contribution >= 0.6 is 0 Å². The van der Waals surface area contributed by atoms with E-state index in [1.807, 2.05) is 37.3 Å². The molecule has 4 nitrogen and oxygen atoms in total. The van der Waals surface area contributed by atoms with Gasteiger partial charge >= 0.3 is 0 Å². The van der Waals surface area contributed by atoms with Crippen LogP contribution in [0.4, 0.5) is 0 Å². The van der Waals surface area contributed by atoms with Crippen molar-refractivity contribution in [3.63, 3.8) is 0 Å². The van der Waals surface area contributed by atoms with Gasteiger partial charge in [-0.05, 0) is 13.0 Å². The Bertz CT molecular complexity index is 757. The van der Waals surface area contributed by atoms with Crippen LogP contribution < -0.4 is 0 Å². The van der Waals surface area contributed by atoms with Crippen LogP contribution in [0, 0.1) is 40.9 Å². The van der Waals surface area contributed by atoms with Crippen LogP contribution in [0.3, 0.4) is 0 Å². The van der Waals surface area contributed by atoms with Gasteiger partial charge in [0.2, 0.25) is 0 Å². The predicted molar refractivity (Wildman–Crippen MR) is 66.8 cm³/mol. The first-order valence-corrected chi connectivity index (χ1v) is 5.25. The summed E-state index contributed by atoms with van der Waals surface area (Å²) in [6, 6.07) is 13.0. The molecule has 0 unspecified atom stereocenters. The summed E-state index contributed by atoms with van der Waals surface area (Å²) in [5.41, 5.74) is 2.25. The Morgan fingerprint density at radius 2 is 1.72 bits per heavy atom. The van der Waals surface area contributed by atoms with E-state index in [2.05, 4.69) is 4.98 Å². The third kappa shape index (κ3) is 1.61. The first-order chi connectivity index (χ1) is 8.72. The zero-order valence-corrected chi connectivity index (χ0v) is 9.65. The highest BCUT2D eigenvalue weighted by atomic mass is 14.7. The maximum absolute atomic E-state index is 9.19. The Hall–Kier alpha value is -3.03. The summed E-state index contributed by atoms with van der Waals surface area (Å²) in [5, 5.41) is 27.8. The normalized spacial score (nSPS) is 9.22. The van der Waals surface area contributed by atoms with Crippen LogP contribution in [0.15, 0.2) is 29.8 Å². The van der Waals surface area contributed by atoms with Gasteiger partial charge in [0.1, 0.15) is 23.8 Å². The molecule has 0 saturated heterocycles. The Morgan fingerprint density at radius 3 is 2.33 bits per heavy atom. The van der Waals surface area contributed by atoms with Crippen molar-refractivity contribution in [3.8, 4) is 18.2 Å².